The number of aromatic nitrogens is 6. The van der Waals surface area contributed by atoms with Crippen LogP contribution in [0.25, 0.3) is 16.7 Å². The topological polar surface area (TPSA) is 141 Å². The van der Waals surface area contributed by atoms with Crippen molar-refractivity contribution in [3.8, 4) is 29.1 Å². The molecule has 0 radical (unpaired) electrons. The number of carbonyl (C=O) groups excluding carboxylic acids is 1. The summed E-state index contributed by atoms with van der Waals surface area (Å²) in [6, 6.07) is 11.5. The molecule has 1 saturated heterocycles. The smallest absolute Gasteiger partial charge is 0.245 e. The molecule has 3 aromatic heterocycles. The number of anilines is 3. The summed E-state index contributed by atoms with van der Waals surface area (Å²) in [6.07, 6.45) is 7.31. The molecule has 1 aliphatic heterocycles. The first kappa shape index (κ1) is 29.3. The molecule has 0 unspecified atom stereocenters. The van der Waals surface area contributed by atoms with Crippen LogP contribution in [0, 0.1) is 5.82 Å². The molecule has 6 rings (SSSR count). The van der Waals surface area contributed by atoms with E-state index >= 15 is 4.39 Å². The number of halogens is 1. The largest absolute Gasteiger partial charge is 0.495 e. The van der Waals surface area contributed by atoms with Crippen LogP contribution in [0.3, 0.4) is 0 Å². The first-order valence-corrected chi connectivity index (χ1v) is 14.1. The lowest BCUT2D eigenvalue weighted by molar-refractivity contribution is -0.126. The van der Waals surface area contributed by atoms with E-state index in [-0.39, 0.29) is 29.3 Å². The Morgan fingerprint density at radius 3 is 2.56 bits per heavy atom. The van der Waals surface area contributed by atoms with Crippen molar-refractivity contribution in [2.45, 2.75) is 18.9 Å². The molecule has 4 heterocycles. The molecule has 45 heavy (non-hydrogen) atoms. The van der Waals surface area contributed by atoms with Crippen LogP contribution in [-0.4, -0.2) is 73.9 Å². The molecule has 0 aliphatic carbocycles. The van der Waals surface area contributed by atoms with E-state index in [1.165, 1.54) is 36.6 Å². The number of amides is 1. The van der Waals surface area contributed by atoms with Gasteiger partial charge < -0.3 is 29.7 Å². The molecular weight excluding hydrogens is 581 g/mol. The lowest BCUT2D eigenvalue weighted by Gasteiger charge is -2.32. The summed E-state index contributed by atoms with van der Waals surface area (Å²) in [4.78, 5) is 30.7. The number of hydrogen-bond donors (Lipinski definition) is 2. The minimum Gasteiger partial charge on any atom is -0.495 e. The van der Waals surface area contributed by atoms with Gasteiger partial charge in [0, 0.05) is 55.0 Å². The molecule has 230 valence electrons. The van der Waals surface area contributed by atoms with Gasteiger partial charge >= 0.3 is 0 Å². The fraction of sp³-hybridized carbons (Fsp3) is 0.226. The van der Waals surface area contributed by atoms with Crippen LogP contribution in [0.5, 0.6) is 23.3 Å². The van der Waals surface area contributed by atoms with Crippen LogP contribution < -0.4 is 24.8 Å². The zero-order valence-corrected chi connectivity index (χ0v) is 24.6. The highest BCUT2D eigenvalue weighted by Crippen LogP contribution is 2.35. The molecular formula is C31H30FN9O4. The Morgan fingerprint density at radius 1 is 0.978 bits per heavy atom. The number of benzene rings is 2. The van der Waals surface area contributed by atoms with Crippen LogP contribution in [-0.2, 0) is 4.79 Å². The van der Waals surface area contributed by atoms with Gasteiger partial charge in [0.15, 0.2) is 5.82 Å². The quantitative estimate of drug-likeness (QED) is 0.209. The summed E-state index contributed by atoms with van der Waals surface area (Å²) in [5.74, 6) is 1.81. The number of nitrogens with zero attached hydrogens (tertiary/aromatic N) is 7. The van der Waals surface area contributed by atoms with Gasteiger partial charge in [-0.1, -0.05) is 6.58 Å². The zero-order valence-electron chi connectivity index (χ0n) is 24.6. The molecule has 5 aromatic rings. The summed E-state index contributed by atoms with van der Waals surface area (Å²) >= 11 is 0. The van der Waals surface area contributed by atoms with Gasteiger partial charge in [-0.3, -0.25) is 4.79 Å². The number of ether oxygens (including phenoxy) is 3. The van der Waals surface area contributed by atoms with Crippen LogP contribution in [0.4, 0.5) is 21.6 Å². The Kier molecular flexibility index (Phi) is 8.35. The maximum absolute atomic E-state index is 15.3. The van der Waals surface area contributed by atoms with E-state index < -0.39 is 5.82 Å². The van der Waals surface area contributed by atoms with Crippen LogP contribution in [0.2, 0.25) is 0 Å². The van der Waals surface area contributed by atoms with Gasteiger partial charge in [0.2, 0.25) is 17.7 Å². The molecule has 0 bridgehead atoms. The summed E-state index contributed by atoms with van der Waals surface area (Å²) in [6.45, 7) is 4.84. The normalized spacial score (nSPS) is 13.4. The molecule has 0 saturated carbocycles. The molecule has 2 N–H and O–H groups in total. The highest BCUT2D eigenvalue weighted by Gasteiger charge is 2.23. The van der Waals surface area contributed by atoms with E-state index in [0.29, 0.717) is 47.3 Å². The summed E-state index contributed by atoms with van der Waals surface area (Å²) in [5, 5.41) is 11.6. The number of rotatable bonds is 10. The lowest BCUT2D eigenvalue weighted by atomic mass is 10.0. The van der Waals surface area contributed by atoms with Crippen molar-refractivity contribution in [1.29, 1.82) is 0 Å². The zero-order chi connectivity index (χ0) is 31.3. The first-order chi connectivity index (χ1) is 21.9. The summed E-state index contributed by atoms with van der Waals surface area (Å²) in [5.41, 5.74) is 1.57. The molecule has 0 atom stereocenters. The van der Waals surface area contributed by atoms with Crippen LogP contribution >= 0.6 is 0 Å². The number of fused-ring (bicyclic) bond motifs is 1. The molecule has 13 nitrogen and oxygen atoms in total. The minimum atomic E-state index is -0.549. The van der Waals surface area contributed by atoms with Crippen molar-refractivity contribution in [3.63, 3.8) is 0 Å². The van der Waals surface area contributed by atoms with Crippen molar-refractivity contribution in [2.24, 2.45) is 0 Å². The third-order valence-electron chi connectivity index (χ3n) is 7.35. The second-order valence-electron chi connectivity index (χ2n) is 10.1. The Bertz CT molecular complexity index is 1860. The van der Waals surface area contributed by atoms with E-state index in [1.807, 2.05) is 12.1 Å². The fourth-order valence-electron chi connectivity index (χ4n) is 5.02. The molecule has 1 amide bonds. The van der Waals surface area contributed by atoms with Crippen molar-refractivity contribution in [2.75, 3.05) is 37.9 Å². The van der Waals surface area contributed by atoms with E-state index in [4.69, 9.17) is 14.2 Å². The fourth-order valence-corrected chi connectivity index (χ4v) is 5.02. The van der Waals surface area contributed by atoms with Crippen molar-refractivity contribution in [1.82, 2.24) is 34.6 Å². The van der Waals surface area contributed by atoms with Gasteiger partial charge in [-0.2, -0.15) is 0 Å². The van der Waals surface area contributed by atoms with Gasteiger partial charge in [-0.05, 0) is 37.1 Å². The lowest BCUT2D eigenvalue weighted by Crippen LogP contribution is -2.41. The second kappa shape index (κ2) is 12.8. The molecule has 1 fully saturated rings. The maximum atomic E-state index is 15.3. The van der Waals surface area contributed by atoms with Gasteiger partial charge in [0.05, 0.1) is 31.1 Å². The summed E-state index contributed by atoms with van der Waals surface area (Å²) in [7, 11) is 3.10. The minimum absolute atomic E-state index is 0.0628. The molecule has 14 heteroatoms. The Labute approximate surface area is 257 Å². The highest BCUT2D eigenvalue weighted by atomic mass is 19.1. The first-order valence-electron chi connectivity index (χ1n) is 14.1. The Morgan fingerprint density at radius 2 is 1.80 bits per heavy atom. The third-order valence-corrected chi connectivity index (χ3v) is 7.35. The Hall–Kier alpha value is -5.79. The van der Waals surface area contributed by atoms with Gasteiger partial charge in [-0.25, -0.2) is 29.0 Å². The number of methoxy groups -OCH3 is 2. The van der Waals surface area contributed by atoms with Crippen LogP contribution in [0.1, 0.15) is 12.8 Å². The van der Waals surface area contributed by atoms with Crippen molar-refractivity contribution < 1.29 is 23.4 Å². The van der Waals surface area contributed by atoms with E-state index in [2.05, 4.69) is 42.2 Å². The monoisotopic (exact) mass is 611 g/mol. The number of likely N-dealkylation sites (tertiary alicyclic amines) is 1. The van der Waals surface area contributed by atoms with Gasteiger partial charge in [0.25, 0.3) is 0 Å². The number of carbonyl (C=O) groups is 1. The molecule has 0 spiro atoms. The van der Waals surface area contributed by atoms with E-state index in [0.717, 1.165) is 18.5 Å². The standard InChI is InChI=1S/C31H30FN9O4/c1-4-30(42)40-10-7-19(8-11-40)37-25-14-21-24(15-26(25)43-2)33-17-36-31(21)38-23-6-5-20(13-22(23)32)45-28-9-12-41(39-28)27-16-29(44-3)35-18-34-27/h4-6,9,12-19,37H,1,7-8,10-11H2,2-3H3,(H,33,36,38). The SMILES string of the molecule is C=CC(=O)N1CCC(Nc2cc3c(Nc4ccc(Oc5ccn(-c6cc(OC)ncn6)n5)cc4F)ncnc3cc2OC)CC1. The number of nitrogens with one attached hydrogen (secondary N) is 2. The van der Waals surface area contributed by atoms with Crippen LogP contribution in [0.15, 0.2) is 74.0 Å². The number of hydrogen-bond acceptors (Lipinski definition) is 11. The van der Waals surface area contributed by atoms with Crippen molar-refractivity contribution in [3.05, 3.63) is 79.8 Å². The summed E-state index contributed by atoms with van der Waals surface area (Å²) < 4.78 is 33.3. The van der Waals surface area contributed by atoms with E-state index in [1.54, 1.807) is 42.5 Å². The molecule has 2 aromatic carbocycles. The Balaban J connectivity index is 1.18. The number of piperidine rings is 1. The maximum Gasteiger partial charge on any atom is 0.245 e. The van der Waals surface area contributed by atoms with E-state index in [9.17, 15) is 4.79 Å². The average Bonchev–Trinajstić information content (AvgIpc) is 3.54. The second-order valence-corrected chi connectivity index (χ2v) is 10.1. The third kappa shape index (κ3) is 6.44. The highest BCUT2D eigenvalue weighted by molar-refractivity contribution is 5.95. The van der Waals surface area contributed by atoms with Gasteiger partial charge in [-0.15, -0.1) is 5.10 Å². The predicted octanol–water partition coefficient (Wildman–Crippen LogP) is 4.89. The molecule has 1 aliphatic rings. The van der Waals surface area contributed by atoms with Crippen molar-refractivity contribution >= 4 is 34.0 Å². The average molecular weight is 612 g/mol. The predicted molar refractivity (Wildman–Crippen MR) is 165 cm³/mol. The van der Waals surface area contributed by atoms with Gasteiger partial charge in [0.1, 0.15) is 35.8 Å².